The van der Waals surface area contributed by atoms with Crippen LogP contribution in [-0.4, -0.2) is 73.9 Å². The number of hydrogen-bond acceptors (Lipinski definition) is 6. The molecule has 2 aromatic rings. The van der Waals surface area contributed by atoms with Crippen LogP contribution in [0.25, 0.3) is 0 Å². The molecule has 2 fully saturated rings. The lowest BCUT2D eigenvalue weighted by Gasteiger charge is -2.37. The molecule has 1 saturated carbocycles. The second kappa shape index (κ2) is 9.58. The number of aliphatic hydroxyl groups is 1. The molecule has 0 amide bonds. The molecule has 1 aromatic carbocycles. The molecule has 2 heterocycles. The molecular weight excluding hydrogens is 352 g/mol. The van der Waals surface area contributed by atoms with Gasteiger partial charge in [-0.15, -0.1) is 5.10 Å². The van der Waals surface area contributed by atoms with Gasteiger partial charge in [0, 0.05) is 32.3 Å². The summed E-state index contributed by atoms with van der Waals surface area (Å²) in [6.07, 6.45) is 6.96. The molecule has 1 saturated heterocycles. The van der Waals surface area contributed by atoms with Crippen LogP contribution in [0.15, 0.2) is 30.3 Å². The minimum Gasteiger partial charge on any atom is -0.396 e. The highest BCUT2D eigenvalue weighted by Gasteiger charge is 2.31. The zero-order valence-corrected chi connectivity index (χ0v) is 16.7. The van der Waals surface area contributed by atoms with Crippen LogP contribution in [0, 0.1) is 0 Å². The van der Waals surface area contributed by atoms with Gasteiger partial charge in [-0.25, -0.2) is 4.68 Å². The number of rotatable bonds is 8. The zero-order chi connectivity index (χ0) is 19.2. The second-order valence-corrected chi connectivity index (χ2v) is 8.07. The predicted molar refractivity (Wildman–Crippen MR) is 108 cm³/mol. The SMILES string of the molecule is OCCCC(c1nnnn1Cc1ccccc1)N1CCCN(C2CCC2)CC1. The Balaban J connectivity index is 1.49. The Morgan fingerprint density at radius 2 is 1.89 bits per heavy atom. The summed E-state index contributed by atoms with van der Waals surface area (Å²) in [6.45, 7) is 5.32. The number of benzene rings is 1. The Morgan fingerprint density at radius 3 is 2.64 bits per heavy atom. The molecule has 7 nitrogen and oxygen atoms in total. The molecule has 7 heteroatoms. The van der Waals surface area contributed by atoms with Gasteiger partial charge in [0.25, 0.3) is 0 Å². The molecule has 1 aliphatic heterocycles. The molecule has 1 aromatic heterocycles. The van der Waals surface area contributed by atoms with E-state index in [9.17, 15) is 5.11 Å². The first-order valence-electron chi connectivity index (χ1n) is 10.7. The van der Waals surface area contributed by atoms with Crippen molar-refractivity contribution in [2.45, 2.75) is 57.2 Å². The summed E-state index contributed by atoms with van der Waals surface area (Å²) in [4.78, 5) is 5.22. The third-order valence-corrected chi connectivity index (χ3v) is 6.27. The fourth-order valence-electron chi connectivity index (χ4n) is 4.46. The normalized spacial score (nSPS) is 20.6. The number of aromatic nitrogens is 4. The van der Waals surface area contributed by atoms with Crippen molar-refractivity contribution in [3.05, 3.63) is 41.7 Å². The number of aliphatic hydroxyl groups excluding tert-OH is 1. The molecular formula is C21H32N6O. The van der Waals surface area contributed by atoms with Crippen LogP contribution in [0.1, 0.15) is 56.0 Å². The molecule has 2 aliphatic rings. The highest BCUT2D eigenvalue weighted by molar-refractivity contribution is 5.15. The van der Waals surface area contributed by atoms with E-state index < -0.39 is 0 Å². The van der Waals surface area contributed by atoms with Gasteiger partial charge in [-0.2, -0.15) is 0 Å². The highest BCUT2D eigenvalue weighted by Crippen LogP contribution is 2.29. The van der Waals surface area contributed by atoms with Gasteiger partial charge < -0.3 is 5.11 Å². The van der Waals surface area contributed by atoms with Gasteiger partial charge in [0.05, 0.1) is 12.6 Å². The maximum Gasteiger partial charge on any atom is 0.168 e. The molecule has 0 radical (unpaired) electrons. The molecule has 1 unspecified atom stereocenters. The van der Waals surface area contributed by atoms with E-state index in [2.05, 4.69) is 37.5 Å². The predicted octanol–water partition coefficient (Wildman–Crippen LogP) is 2.10. The van der Waals surface area contributed by atoms with Gasteiger partial charge in [0.15, 0.2) is 5.82 Å². The van der Waals surface area contributed by atoms with Crippen molar-refractivity contribution in [3.8, 4) is 0 Å². The smallest absolute Gasteiger partial charge is 0.168 e. The van der Waals surface area contributed by atoms with Gasteiger partial charge >= 0.3 is 0 Å². The lowest BCUT2D eigenvalue weighted by Crippen LogP contribution is -2.42. The summed E-state index contributed by atoms with van der Waals surface area (Å²) in [5.74, 6) is 0.925. The summed E-state index contributed by atoms with van der Waals surface area (Å²) in [5, 5.41) is 22.1. The first-order chi connectivity index (χ1) is 13.8. The number of hydrogen-bond donors (Lipinski definition) is 1. The number of tetrazole rings is 1. The zero-order valence-electron chi connectivity index (χ0n) is 16.7. The first-order valence-corrected chi connectivity index (χ1v) is 10.7. The topological polar surface area (TPSA) is 70.3 Å². The van der Waals surface area contributed by atoms with Crippen molar-refractivity contribution in [3.63, 3.8) is 0 Å². The summed E-state index contributed by atoms with van der Waals surface area (Å²) in [6, 6.07) is 11.3. The molecule has 4 rings (SSSR count). The van der Waals surface area contributed by atoms with E-state index >= 15 is 0 Å². The van der Waals surface area contributed by atoms with Gasteiger partial charge in [-0.3, -0.25) is 9.80 Å². The average Bonchev–Trinajstić information content (AvgIpc) is 2.99. The van der Waals surface area contributed by atoms with Gasteiger partial charge in [-0.1, -0.05) is 36.8 Å². The van der Waals surface area contributed by atoms with Gasteiger partial charge in [-0.05, 0) is 54.6 Å². The van der Waals surface area contributed by atoms with E-state index in [0.717, 1.165) is 44.3 Å². The van der Waals surface area contributed by atoms with E-state index in [4.69, 9.17) is 0 Å². The lowest BCUT2D eigenvalue weighted by molar-refractivity contribution is 0.121. The summed E-state index contributed by atoms with van der Waals surface area (Å²) in [5.41, 5.74) is 1.20. The van der Waals surface area contributed by atoms with Crippen molar-refractivity contribution < 1.29 is 5.11 Å². The average molecular weight is 385 g/mol. The standard InChI is InChI=1S/C21H32N6O/c28-16-5-11-20(26-13-6-12-25(14-15-26)19-9-4-10-19)21-22-23-24-27(21)17-18-7-2-1-3-8-18/h1-3,7-8,19-20,28H,4-6,9-17H2. The van der Waals surface area contributed by atoms with Crippen LogP contribution in [0.5, 0.6) is 0 Å². The van der Waals surface area contributed by atoms with E-state index in [1.165, 1.54) is 37.8 Å². The van der Waals surface area contributed by atoms with Gasteiger partial charge in [0.1, 0.15) is 0 Å². The minimum atomic E-state index is 0.159. The summed E-state index contributed by atoms with van der Waals surface area (Å²) < 4.78 is 1.94. The summed E-state index contributed by atoms with van der Waals surface area (Å²) >= 11 is 0. The summed E-state index contributed by atoms with van der Waals surface area (Å²) in [7, 11) is 0. The molecule has 0 bridgehead atoms. The van der Waals surface area contributed by atoms with Crippen LogP contribution in [0.3, 0.4) is 0 Å². The Morgan fingerprint density at radius 1 is 1.04 bits per heavy atom. The van der Waals surface area contributed by atoms with Crippen molar-refractivity contribution in [2.75, 3.05) is 32.8 Å². The Kier molecular flexibility index (Phi) is 6.67. The van der Waals surface area contributed by atoms with Crippen LogP contribution in [0.4, 0.5) is 0 Å². The molecule has 152 valence electrons. The van der Waals surface area contributed by atoms with E-state index in [1.54, 1.807) is 0 Å². The van der Waals surface area contributed by atoms with Crippen LogP contribution in [0.2, 0.25) is 0 Å². The Labute approximate surface area is 167 Å². The van der Waals surface area contributed by atoms with Crippen LogP contribution in [-0.2, 0) is 6.54 Å². The quantitative estimate of drug-likeness (QED) is 0.752. The third kappa shape index (κ3) is 4.59. The molecule has 0 spiro atoms. The van der Waals surface area contributed by atoms with Crippen LogP contribution < -0.4 is 0 Å². The van der Waals surface area contributed by atoms with Gasteiger partial charge in [0.2, 0.25) is 0 Å². The third-order valence-electron chi connectivity index (χ3n) is 6.27. The van der Waals surface area contributed by atoms with Crippen molar-refractivity contribution in [2.24, 2.45) is 0 Å². The van der Waals surface area contributed by atoms with E-state index in [1.807, 2.05) is 22.9 Å². The highest BCUT2D eigenvalue weighted by atomic mass is 16.2. The largest absolute Gasteiger partial charge is 0.396 e. The second-order valence-electron chi connectivity index (χ2n) is 8.07. The Hall–Kier alpha value is -1.83. The fourth-order valence-corrected chi connectivity index (χ4v) is 4.46. The molecule has 1 atom stereocenters. The number of nitrogens with zero attached hydrogens (tertiary/aromatic N) is 6. The Bertz CT molecular complexity index is 717. The first kappa shape index (κ1) is 19.5. The monoisotopic (exact) mass is 384 g/mol. The maximum absolute atomic E-state index is 9.44. The fraction of sp³-hybridized carbons (Fsp3) is 0.667. The minimum absolute atomic E-state index is 0.159. The molecule has 1 N–H and O–H groups in total. The van der Waals surface area contributed by atoms with E-state index in [0.29, 0.717) is 6.54 Å². The van der Waals surface area contributed by atoms with E-state index in [-0.39, 0.29) is 12.6 Å². The van der Waals surface area contributed by atoms with Crippen molar-refractivity contribution >= 4 is 0 Å². The van der Waals surface area contributed by atoms with Crippen molar-refractivity contribution in [1.82, 2.24) is 30.0 Å². The molecule has 1 aliphatic carbocycles. The maximum atomic E-state index is 9.44. The molecule has 28 heavy (non-hydrogen) atoms. The lowest BCUT2D eigenvalue weighted by atomic mass is 9.91. The van der Waals surface area contributed by atoms with Crippen LogP contribution >= 0.6 is 0 Å². The van der Waals surface area contributed by atoms with Crippen molar-refractivity contribution in [1.29, 1.82) is 0 Å².